The molecular weight excluding hydrogens is 164 g/mol. The maximum atomic E-state index is 11.0. The Labute approximate surface area is 76.8 Å². The number of carbonyl (C=O) groups is 1. The molecule has 0 bridgehead atoms. The summed E-state index contributed by atoms with van der Waals surface area (Å²) in [7, 11) is 0. The second-order valence-corrected chi connectivity index (χ2v) is 3.12. The van der Waals surface area contributed by atoms with Gasteiger partial charge in [0.15, 0.2) is 0 Å². The Kier molecular flexibility index (Phi) is 1.89. The lowest BCUT2D eigenvalue weighted by molar-refractivity contribution is -0.141. The first-order chi connectivity index (χ1) is 6.27. The van der Waals surface area contributed by atoms with Gasteiger partial charge in [-0.1, -0.05) is 36.9 Å². The minimum atomic E-state index is -0.228. The maximum Gasteiger partial charge on any atom is 0.311 e. The Hall–Kier alpha value is -1.57. The number of hydrogen-bond donors (Lipinski definition) is 0. The second kappa shape index (κ2) is 3.05. The molecule has 0 aromatic heterocycles. The van der Waals surface area contributed by atoms with Crippen LogP contribution in [0.15, 0.2) is 42.5 Å². The highest BCUT2D eigenvalue weighted by Gasteiger charge is 2.28. The summed E-state index contributed by atoms with van der Waals surface area (Å²) in [6, 6.07) is 9.66. The number of hydrogen-bond acceptors (Lipinski definition) is 2. The van der Waals surface area contributed by atoms with Crippen molar-refractivity contribution in [2.75, 3.05) is 0 Å². The van der Waals surface area contributed by atoms with Gasteiger partial charge in [-0.2, -0.15) is 0 Å². The summed E-state index contributed by atoms with van der Waals surface area (Å²) in [5.74, 6) is -0.182. The molecule has 1 aliphatic rings. The summed E-state index contributed by atoms with van der Waals surface area (Å²) in [5.41, 5.74) is 1.84. The Morgan fingerprint density at radius 3 is 2.54 bits per heavy atom. The van der Waals surface area contributed by atoms with Crippen LogP contribution in [0.4, 0.5) is 0 Å². The van der Waals surface area contributed by atoms with Crippen LogP contribution in [0.25, 0.3) is 0 Å². The predicted molar refractivity (Wildman–Crippen MR) is 49.0 cm³/mol. The van der Waals surface area contributed by atoms with Gasteiger partial charge in [-0.15, -0.1) is 0 Å². The van der Waals surface area contributed by atoms with Gasteiger partial charge in [0.2, 0.25) is 0 Å². The highest BCUT2D eigenvalue weighted by atomic mass is 16.5. The third-order valence-corrected chi connectivity index (χ3v) is 2.09. The van der Waals surface area contributed by atoms with Crippen LogP contribution in [0.1, 0.15) is 18.1 Å². The van der Waals surface area contributed by atoms with E-state index in [2.05, 4.69) is 6.58 Å². The standard InChI is InChI=1S/C11H10O2/c1-8-7-10(12)13-11(8)9-5-3-2-4-6-9/h2-6,11H,1,7H2. The molecular formula is C11H10O2. The molecule has 0 spiro atoms. The van der Waals surface area contributed by atoms with Gasteiger partial charge in [0.25, 0.3) is 0 Å². The van der Waals surface area contributed by atoms with Gasteiger partial charge < -0.3 is 4.74 Å². The largest absolute Gasteiger partial charge is 0.453 e. The molecule has 1 atom stereocenters. The minimum absolute atomic E-state index is 0.182. The second-order valence-electron chi connectivity index (χ2n) is 3.12. The van der Waals surface area contributed by atoms with Gasteiger partial charge in [-0.05, 0) is 11.1 Å². The fraction of sp³-hybridized carbons (Fsp3) is 0.182. The number of carbonyl (C=O) groups excluding carboxylic acids is 1. The van der Waals surface area contributed by atoms with Crippen LogP contribution in [0.2, 0.25) is 0 Å². The molecule has 0 saturated carbocycles. The molecule has 2 rings (SSSR count). The van der Waals surface area contributed by atoms with Crippen molar-refractivity contribution >= 4 is 5.97 Å². The zero-order valence-electron chi connectivity index (χ0n) is 7.19. The van der Waals surface area contributed by atoms with E-state index in [4.69, 9.17) is 4.74 Å². The van der Waals surface area contributed by atoms with Gasteiger partial charge in [-0.25, -0.2) is 0 Å². The number of benzene rings is 1. The van der Waals surface area contributed by atoms with E-state index in [-0.39, 0.29) is 12.1 Å². The van der Waals surface area contributed by atoms with E-state index in [0.717, 1.165) is 11.1 Å². The molecule has 0 N–H and O–H groups in total. The van der Waals surface area contributed by atoms with Gasteiger partial charge in [-0.3, -0.25) is 4.79 Å². The van der Waals surface area contributed by atoms with Crippen molar-refractivity contribution in [3.8, 4) is 0 Å². The minimum Gasteiger partial charge on any atom is -0.453 e. The van der Waals surface area contributed by atoms with Crippen molar-refractivity contribution in [2.24, 2.45) is 0 Å². The molecule has 1 heterocycles. The molecule has 1 saturated heterocycles. The number of rotatable bonds is 1. The quantitative estimate of drug-likeness (QED) is 0.482. The van der Waals surface area contributed by atoms with E-state index in [1.54, 1.807) is 0 Å². The molecule has 1 unspecified atom stereocenters. The van der Waals surface area contributed by atoms with Gasteiger partial charge in [0, 0.05) is 0 Å². The van der Waals surface area contributed by atoms with Crippen molar-refractivity contribution < 1.29 is 9.53 Å². The Morgan fingerprint density at radius 2 is 2.00 bits per heavy atom. The average Bonchev–Trinajstić information content (AvgIpc) is 2.47. The fourth-order valence-electron chi connectivity index (χ4n) is 1.47. The highest BCUT2D eigenvalue weighted by Crippen LogP contribution is 2.32. The molecule has 0 radical (unpaired) electrons. The van der Waals surface area contributed by atoms with Gasteiger partial charge in [0.1, 0.15) is 6.10 Å². The first kappa shape index (κ1) is 8.05. The summed E-state index contributed by atoms with van der Waals surface area (Å²) in [5, 5.41) is 0. The normalized spacial score (nSPS) is 21.7. The van der Waals surface area contributed by atoms with Gasteiger partial charge >= 0.3 is 5.97 Å². The van der Waals surface area contributed by atoms with E-state index in [1.807, 2.05) is 30.3 Å². The molecule has 1 fully saturated rings. The van der Waals surface area contributed by atoms with Crippen molar-refractivity contribution in [3.63, 3.8) is 0 Å². The smallest absolute Gasteiger partial charge is 0.311 e. The average molecular weight is 174 g/mol. The molecule has 1 aromatic rings. The molecule has 2 nitrogen and oxygen atoms in total. The first-order valence-corrected chi connectivity index (χ1v) is 4.19. The van der Waals surface area contributed by atoms with Crippen LogP contribution in [0, 0.1) is 0 Å². The zero-order valence-corrected chi connectivity index (χ0v) is 7.19. The lowest BCUT2D eigenvalue weighted by Crippen LogP contribution is -1.98. The third kappa shape index (κ3) is 1.47. The van der Waals surface area contributed by atoms with Crippen molar-refractivity contribution in [2.45, 2.75) is 12.5 Å². The molecule has 2 heteroatoms. The van der Waals surface area contributed by atoms with Crippen LogP contribution in [-0.2, 0) is 9.53 Å². The van der Waals surface area contributed by atoms with Crippen LogP contribution < -0.4 is 0 Å². The summed E-state index contributed by atoms with van der Waals surface area (Å²) < 4.78 is 5.12. The SMILES string of the molecule is C=C1CC(=O)OC1c1ccccc1. The number of esters is 1. The van der Waals surface area contributed by atoms with E-state index in [1.165, 1.54) is 0 Å². The van der Waals surface area contributed by atoms with Gasteiger partial charge in [0.05, 0.1) is 6.42 Å². The molecule has 0 amide bonds. The molecule has 1 aliphatic heterocycles. The van der Waals surface area contributed by atoms with Crippen LogP contribution >= 0.6 is 0 Å². The van der Waals surface area contributed by atoms with E-state index < -0.39 is 0 Å². The first-order valence-electron chi connectivity index (χ1n) is 4.19. The summed E-state index contributed by atoms with van der Waals surface area (Å²) in [6.45, 7) is 3.82. The van der Waals surface area contributed by atoms with E-state index in [9.17, 15) is 4.79 Å². The Balaban J connectivity index is 2.28. The lowest BCUT2D eigenvalue weighted by atomic mass is 10.0. The van der Waals surface area contributed by atoms with Crippen molar-refractivity contribution in [1.82, 2.24) is 0 Å². The molecule has 66 valence electrons. The summed E-state index contributed by atoms with van der Waals surface area (Å²) >= 11 is 0. The lowest BCUT2D eigenvalue weighted by Gasteiger charge is -2.09. The van der Waals surface area contributed by atoms with Crippen molar-refractivity contribution in [1.29, 1.82) is 0 Å². The zero-order chi connectivity index (χ0) is 9.26. The third-order valence-electron chi connectivity index (χ3n) is 2.09. The van der Waals surface area contributed by atoms with Crippen molar-refractivity contribution in [3.05, 3.63) is 48.0 Å². The topological polar surface area (TPSA) is 26.3 Å². The highest BCUT2D eigenvalue weighted by molar-refractivity contribution is 5.76. The van der Waals surface area contributed by atoms with Crippen LogP contribution in [0.3, 0.4) is 0 Å². The van der Waals surface area contributed by atoms with E-state index >= 15 is 0 Å². The van der Waals surface area contributed by atoms with Crippen LogP contribution in [-0.4, -0.2) is 5.97 Å². The predicted octanol–water partition coefficient (Wildman–Crippen LogP) is 2.23. The number of cyclic esters (lactones) is 1. The molecule has 13 heavy (non-hydrogen) atoms. The molecule has 1 aromatic carbocycles. The summed E-state index contributed by atoms with van der Waals surface area (Å²) in [6.07, 6.45) is 0.119. The molecule has 0 aliphatic carbocycles. The fourth-order valence-corrected chi connectivity index (χ4v) is 1.47. The van der Waals surface area contributed by atoms with E-state index in [0.29, 0.717) is 6.42 Å². The summed E-state index contributed by atoms with van der Waals surface area (Å²) in [4.78, 5) is 11.0. The Bertz CT molecular complexity index is 340. The number of ether oxygens (including phenoxy) is 1. The van der Waals surface area contributed by atoms with Crippen LogP contribution in [0.5, 0.6) is 0 Å². The Morgan fingerprint density at radius 1 is 1.31 bits per heavy atom. The monoisotopic (exact) mass is 174 g/mol. The maximum absolute atomic E-state index is 11.0.